The Balaban J connectivity index is 1.74. The fourth-order valence-electron chi connectivity index (χ4n) is 2.92. The molecular formula is C17H22N2O2. The van der Waals surface area contributed by atoms with Gasteiger partial charge in [-0.2, -0.15) is 0 Å². The number of benzene rings is 1. The molecule has 0 unspecified atom stereocenters. The summed E-state index contributed by atoms with van der Waals surface area (Å²) in [5.41, 5.74) is 1.74. The van der Waals surface area contributed by atoms with Crippen molar-refractivity contribution in [2.45, 2.75) is 32.3 Å². The van der Waals surface area contributed by atoms with Crippen LogP contribution in [0.1, 0.15) is 36.5 Å². The Labute approximate surface area is 125 Å². The second kappa shape index (κ2) is 6.31. The van der Waals surface area contributed by atoms with E-state index in [0.717, 1.165) is 35.9 Å². The summed E-state index contributed by atoms with van der Waals surface area (Å²) >= 11 is 0. The van der Waals surface area contributed by atoms with Gasteiger partial charge in [-0.15, -0.1) is 0 Å². The zero-order valence-electron chi connectivity index (χ0n) is 12.5. The molecule has 1 atom stereocenters. The average Bonchev–Trinajstić information content (AvgIpc) is 3.00. The second-order valence-electron chi connectivity index (χ2n) is 5.61. The van der Waals surface area contributed by atoms with Crippen LogP contribution >= 0.6 is 0 Å². The molecule has 0 radical (unpaired) electrons. The summed E-state index contributed by atoms with van der Waals surface area (Å²) in [5.74, 6) is 0.0863. The Hall–Kier alpha value is -1.81. The van der Waals surface area contributed by atoms with Crippen molar-refractivity contribution in [2.24, 2.45) is 0 Å². The molecule has 1 fully saturated rings. The van der Waals surface area contributed by atoms with Crippen LogP contribution in [-0.4, -0.2) is 41.6 Å². The predicted octanol–water partition coefficient (Wildman–Crippen LogP) is 3.20. The van der Waals surface area contributed by atoms with E-state index in [4.69, 9.17) is 4.74 Å². The van der Waals surface area contributed by atoms with Crippen molar-refractivity contribution in [3.05, 3.63) is 36.0 Å². The normalized spacial score (nSPS) is 18.8. The van der Waals surface area contributed by atoms with Gasteiger partial charge in [-0.05, 0) is 49.8 Å². The molecule has 1 aromatic carbocycles. The van der Waals surface area contributed by atoms with E-state index in [1.807, 2.05) is 42.3 Å². The van der Waals surface area contributed by atoms with E-state index in [0.29, 0.717) is 13.1 Å². The Kier molecular flexibility index (Phi) is 4.25. The molecule has 1 saturated heterocycles. The lowest BCUT2D eigenvalue weighted by atomic mass is 10.1. The van der Waals surface area contributed by atoms with Crippen LogP contribution in [0.25, 0.3) is 10.9 Å². The minimum absolute atomic E-state index is 0.0863. The minimum atomic E-state index is 0.0863. The van der Waals surface area contributed by atoms with E-state index in [9.17, 15) is 4.79 Å². The number of rotatable bonds is 4. The van der Waals surface area contributed by atoms with Gasteiger partial charge < -0.3 is 14.6 Å². The van der Waals surface area contributed by atoms with Crippen LogP contribution in [0.3, 0.4) is 0 Å². The molecule has 1 N–H and O–H groups in total. The van der Waals surface area contributed by atoms with Crippen molar-refractivity contribution in [1.82, 2.24) is 9.88 Å². The van der Waals surface area contributed by atoms with Crippen LogP contribution in [-0.2, 0) is 4.74 Å². The fourth-order valence-corrected chi connectivity index (χ4v) is 2.92. The monoisotopic (exact) mass is 286 g/mol. The van der Waals surface area contributed by atoms with Crippen molar-refractivity contribution in [3.63, 3.8) is 0 Å². The minimum Gasteiger partial charge on any atom is -0.376 e. The molecule has 1 amide bonds. The molecular weight excluding hydrogens is 264 g/mol. The molecule has 0 saturated carbocycles. The molecule has 0 spiro atoms. The van der Waals surface area contributed by atoms with Gasteiger partial charge >= 0.3 is 0 Å². The molecule has 4 nitrogen and oxygen atoms in total. The number of nitrogens with zero attached hydrogens (tertiary/aromatic N) is 1. The summed E-state index contributed by atoms with van der Waals surface area (Å²) in [7, 11) is 0. The number of hydrogen-bond donors (Lipinski definition) is 1. The number of aromatic nitrogens is 1. The Morgan fingerprint density at radius 1 is 1.38 bits per heavy atom. The maximum absolute atomic E-state index is 12.7. The summed E-state index contributed by atoms with van der Waals surface area (Å²) in [6.45, 7) is 4.25. The number of likely N-dealkylation sites (N-methyl/N-ethyl adjacent to an activating group) is 1. The van der Waals surface area contributed by atoms with Crippen molar-refractivity contribution >= 4 is 16.8 Å². The summed E-state index contributed by atoms with van der Waals surface area (Å²) in [6, 6.07) is 7.84. The van der Waals surface area contributed by atoms with Crippen molar-refractivity contribution in [1.29, 1.82) is 0 Å². The molecule has 1 aliphatic heterocycles. The van der Waals surface area contributed by atoms with Crippen LogP contribution in [0.2, 0.25) is 0 Å². The SMILES string of the molecule is CCN(C[C@H]1CCCCO1)C(=O)c1ccc2cc[nH]c2c1. The molecule has 21 heavy (non-hydrogen) atoms. The maximum Gasteiger partial charge on any atom is 0.254 e. The van der Waals surface area contributed by atoms with Crippen LogP contribution < -0.4 is 0 Å². The molecule has 2 heterocycles. The van der Waals surface area contributed by atoms with Crippen LogP contribution in [0.4, 0.5) is 0 Å². The van der Waals surface area contributed by atoms with Crippen molar-refractivity contribution in [3.8, 4) is 0 Å². The number of aromatic amines is 1. The van der Waals surface area contributed by atoms with E-state index < -0.39 is 0 Å². The smallest absolute Gasteiger partial charge is 0.254 e. The maximum atomic E-state index is 12.7. The van der Waals surface area contributed by atoms with Gasteiger partial charge in [-0.1, -0.05) is 6.07 Å². The number of nitrogens with one attached hydrogen (secondary N) is 1. The molecule has 0 bridgehead atoms. The number of ether oxygens (including phenoxy) is 1. The lowest BCUT2D eigenvalue weighted by Crippen LogP contribution is -2.39. The largest absolute Gasteiger partial charge is 0.376 e. The molecule has 3 rings (SSSR count). The van der Waals surface area contributed by atoms with E-state index in [-0.39, 0.29) is 12.0 Å². The van der Waals surface area contributed by atoms with Gasteiger partial charge in [0, 0.05) is 37.0 Å². The highest BCUT2D eigenvalue weighted by Crippen LogP contribution is 2.18. The number of carbonyl (C=O) groups is 1. The molecule has 1 aliphatic rings. The number of fused-ring (bicyclic) bond motifs is 1. The summed E-state index contributed by atoms with van der Waals surface area (Å²) < 4.78 is 5.75. The first-order valence-electron chi connectivity index (χ1n) is 7.76. The first-order chi connectivity index (χ1) is 10.3. The summed E-state index contributed by atoms with van der Waals surface area (Å²) in [4.78, 5) is 17.7. The van der Waals surface area contributed by atoms with Gasteiger partial charge in [-0.25, -0.2) is 0 Å². The Bertz CT molecular complexity index is 614. The summed E-state index contributed by atoms with van der Waals surface area (Å²) in [6.07, 6.45) is 5.48. The van der Waals surface area contributed by atoms with Gasteiger partial charge in [0.25, 0.3) is 5.91 Å². The van der Waals surface area contributed by atoms with Crippen molar-refractivity contribution in [2.75, 3.05) is 19.7 Å². The third-order valence-electron chi connectivity index (χ3n) is 4.17. The second-order valence-corrected chi connectivity index (χ2v) is 5.61. The number of carbonyl (C=O) groups excluding carboxylic acids is 1. The predicted molar refractivity (Wildman–Crippen MR) is 83.5 cm³/mol. The number of amides is 1. The average molecular weight is 286 g/mol. The molecule has 1 aromatic heterocycles. The highest BCUT2D eigenvalue weighted by molar-refractivity contribution is 5.97. The lowest BCUT2D eigenvalue weighted by Gasteiger charge is -2.29. The van der Waals surface area contributed by atoms with Gasteiger partial charge in [0.2, 0.25) is 0 Å². The van der Waals surface area contributed by atoms with Crippen LogP contribution in [0, 0.1) is 0 Å². The highest BCUT2D eigenvalue weighted by atomic mass is 16.5. The Morgan fingerprint density at radius 3 is 3.05 bits per heavy atom. The quantitative estimate of drug-likeness (QED) is 0.938. The highest BCUT2D eigenvalue weighted by Gasteiger charge is 2.21. The molecule has 0 aliphatic carbocycles. The van der Waals surface area contributed by atoms with E-state index in [1.54, 1.807) is 0 Å². The van der Waals surface area contributed by atoms with Gasteiger partial charge in [0.1, 0.15) is 0 Å². The first kappa shape index (κ1) is 14.1. The molecule has 4 heteroatoms. The third kappa shape index (κ3) is 3.10. The zero-order chi connectivity index (χ0) is 14.7. The number of H-pyrrole nitrogens is 1. The topological polar surface area (TPSA) is 45.3 Å². The van der Waals surface area contributed by atoms with Crippen molar-refractivity contribution < 1.29 is 9.53 Å². The van der Waals surface area contributed by atoms with E-state index >= 15 is 0 Å². The molecule has 2 aromatic rings. The standard InChI is InChI=1S/C17H22N2O2/c1-2-19(12-15-5-3-4-10-21-15)17(20)14-7-6-13-8-9-18-16(13)11-14/h6-9,11,15,18H,2-5,10,12H2,1H3/t15-/m1/s1. The zero-order valence-corrected chi connectivity index (χ0v) is 12.5. The van der Waals surface area contributed by atoms with Gasteiger partial charge in [0.05, 0.1) is 6.10 Å². The third-order valence-corrected chi connectivity index (χ3v) is 4.17. The van der Waals surface area contributed by atoms with Gasteiger partial charge in [-0.3, -0.25) is 4.79 Å². The molecule has 112 valence electrons. The van der Waals surface area contributed by atoms with E-state index in [1.165, 1.54) is 6.42 Å². The van der Waals surface area contributed by atoms with Crippen LogP contribution in [0.5, 0.6) is 0 Å². The van der Waals surface area contributed by atoms with E-state index in [2.05, 4.69) is 4.98 Å². The summed E-state index contributed by atoms with van der Waals surface area (Å²) in [5, 5.41) is 1.13. The first-order valence-corrected chi connectivity index (χ1v) is 7.76. The van der Waals surface area contributed by atoms with Gasteiger partial charge in [0.15, 0.2) is 0 Å². The Morgan fingerprint density at radius 2 is 2.29 bits per heavy atom. The van der Waals surface area contributed by atoms with Crippen LogP contribution in [0.15, 0.2) is 30.5 Å². The fraction of sp³-hybridized carbons (Fsp3) is 0.471. The number of hydrogen-bond acceptors (Lipinski definition) is 2. The lowest BCUT2D eigenvalue weighted by molar-refractivity contribution is -0.00311.